The van der Waals surface area contributed by atoms with Crippen LogP contribution in [0.1, 0.15) is 46.3 Å². The van der Waals surface area contributed by atoms with Crippen LogP contribution in [0.3, 0.4) is 0 Å². The Labute approximate surface area is 138 Å². The normalized spacial score (nSPS) is 16.3. The number of alkyl carbamates (subject to hydrolysis) is 1. The topological polar surface area (TPSA) is 77.0 Å². The highest BCUT2D eigenvalue weighted by atomic mass is 16.6. The van der Waals surface area contributed by atoms with Crippen LogP contribution in [-0.4, -0.2) is 37.6 Å². The second-order valence-corrected chi connectivity index (χ2v) is 5.86. The van der Waals surface area contributed by atoms with Crippen LogP contribution in [0.15, 0.2) is 18.2 Å². The minimum absolute atomic E-state index is 0.124. The first-order valence-electron chi connectivity index (χ1n) is 7.78. The Kier molecular flexibility index (Phi) is 6.90. The van der Waals surface area contributed by atoms with Crippen molar-refractivity contribution in [3.8, 4) is 5.75 Å². The fourth-order valence-electron chi connectivity index (χ4n) is 2.22. The van der Waals surface area contributed by atoms with Crippen molar-refractivity contribution in [3.05, 3.63) is 23.8 Å². The van der Waals surface area contributed by atoms with Crippen molar-refractivity contribution in [2.45, 2.75) is 46.3 Å². The van der Waals surface area contributed by atoms with Gasteiger partial charge in [-0.1, -0.05) is 26.0 Å². The molecule has 0 radical (unpaired) electrons. The number of amides is 1. The fourth-order valence-corrected chi connectivity index (χ4v) is 2.22. The van der Waals surface area contributed by atoms with E-state index in [4.69, 9.17) is 14.0 Å². The third-order valence-corrected chi connectivity index (χ3v) is 3.03. The number of hydrogen-bond acceptors (Lipinski definition) is 5. The van der Waals surface area contributed by atoms with Crippen molar-refractivity contribution in [1.82, 2.24) is 5.32 Å². The minimum atomic E-state index is -0.633. The number of phenols is 1. The van der Waals surface area contributed by atoms with Gasteiger partial charge in [-0.3, -0.25) is 0 Å². The molecule has 2 N–H and O–H groups in total. The summed E-state index contributed by atoms with van der Waals surface area (Å²) in [6, 6.07) is 5.16. The molecule has 1 atom stereocenters. The van der Waals surface area contributed by atoms with Gasteiger partial charge in [-0.15, -0.1) is 0 Å². The van der Waals surface area contributed by atoms with Crippen LogP contribution >= 0.6 is 0 Å². The van der Waals surface area contributed by atoms with Gasteiger partial charge in [-0.25, -0.2) is 4.79 Å². The minimum Gasteiger partial charge on any atom is -0.508 e. The molecule has 0 saturated carbocycles. The molecule has 0 spiro atoms. The number of rotatable bonds is 3. The molecule has 1 aromatic carbocycles. The molecule has 2 rings (SSSR count). The summed E-state index contributed by atoms with van der Waals surface area (Å²) < 4.78 is 16.1. The molecular formula is C16H26BNO5. The molecule has 0 aromatic heterocycles. The van der Waals surface area contributed by atoms with E-state index >= 15 is 0 Å². The Morgan fingerprint density at radius 1 is 1.39 bits per heavy atom. The van der Waals surface area contributed by atoms with Crippen LogP contribution in [0.4, 0.5) is 4.79 Å². The molecule has 23 heavy (non-hydrogen) atoms. The third-order valence-electron chi connectivity index (χ3n) is 3.03. The lowest BCUT2D eigenvalue weighted by molar-refractivity contribution is 0.0497. The van der Waals surface area contributed by atoms with E-state index in [-0.39, 0.29) is 18.4 Å². The second-order valence-electron chi connectivity index (χ2n) is 5.86. The Morgan fingerprint density at radius 3 is 2.61 bits per heavy atom. The number of nitrogens with one attached hydrogen (secondary N) is 1. The van der Waals surface area contributed by atoms with Crippen LogP contribution in [0, 0.1) is 0 Å². The number of carbonyl (C=O) groups excluding carboxylic acids is 1. The Hall–Kier alpha value is -1.73. The molecule has 0 fully saturated rings. The Bertz CT molecular complexity index is 530. The maximum Gasteiger partial charge on any atom is 0.498 e. The number of aromatic hydroxyl groups is 1. The van der Waals surface area contributed by atoms with Crippen molar-refractivity contribution < 1.29 is 23.9 Å². The highest BCUT2D eigenvalue weighted by molar-refractivity contribution is 6.64. The van der Waals surface area contributed by atoms with Crippen molar-refractivity contribution in [3.63, 3.8) is 0 Å². The lowest BCUT2D eigenvalue weighted by Gasteiger charge is -2.21. The van der Waals surface area contributed by atoms with E-state index in [0.717, 1.165) is 5.56 Å². The van der Waals surface area contributed by atoms with E-state index in [1.54, 1.807) is 32.9 Å². The Balaban J connectivity index is 0.00000127. The van der Waals surface area contributed by atoms with Crippen molar-refractivity contribution >= 4 is 18.7 Å². The molecular weight excluding hydrogens is 297 g/mol. The predicted octanol–water partition coefficient (Wildman–Crippen LogP) is 2.36. The van der Waals surface area contributed by atoms with Crippen LogP contribution < -0.4 is 10.8 Å². The van der Waals surface area contributed by atoms with Crippen molar-refractivity contribution in [2.75, 3.05) is 13.7 Å². The van der Waals surface area contributed by atoms with E-state index in [1.165, 1.54) is 7.11 Å². The maximum absolute atomic E-state index is 11.7. The van der Waals surface area contributed by atoms with Gasteiger partial charge >= 0.3 is 13.2 Å². The van der Waals surface area contributed by atoms with Gasteiger partial charge in [0, 0.05) is 19.1 Å². The summed E-state index contributed by atoms with van der Waals surface area (Å²) in [6.07, 6.45) is -0.891. The molecule has 128 valence electrons. The summed E-state index contributed by atoms with van der Waals surface area (Å²) >= 11 is 0. The van der Waals surface area contributed by atoms with E-state index in [9.17, 15) is 9.90 Å². The summed E-state index contributed by atoms with van der Waals surface area (Å²) in [7, 11) is 0.872. The SMILES string of the molecule is CC.COB1OC(CNC(=O)OC(C)(C)C)c2cccc(O)c21. The van der Waals surface area contributed by atoms with Crippen molar-refractivity contribution in [1.29, 1.82) is 0 Å². The lowest BCUT2D eigenvalue weighted by Crippen LogP contribution is -2.35. The molecule has 0 saturated heterocycles. The molecule has 7 heteroatoms. The monoisotopic (exact) mass is 323 g/mol. The van der Waals surface area contributed by atoms with Crippen LogP contribution in [0.5, 0.6) is 5.75 Å². The second kappa shape index (κ2) is 8.22. The smallest absolute Gasteiger partial charge is 0.498 e. The maximum atomic E-state index is 11.7. The van der Waals surface area contributed by atoms with E-state index < -0.39 is 18.8 Å². The zero-order valence-corrected chi connectivity index (χ0v) is 14.7. The van der Waals surface area contributed by atoms with E-state index in [0.29, 0.717) is 5.46 Å². The summed E-state index contributed by atoms with van der Waals surface area (Å²) in [5.74, 6) is 0.124. The van der Waals surface area contributed by atoms with Crippen LogP contribution in [-0.2, 0) is 14.0 Å². The molecule has 0 bridgehead atoms. The average Bonchev–Trinajstić information content (AvgIpc) is 2.85. The lowest BCUT2D eigenvalue weighted by atomic mass is 9.78. The zero-order valence-electron chi connectivity index (χ0n) is 14.7. The number of phenolic OH excluding ortho intramolecular Hbond substituents is 1. The molecule has 1 heterocycles. The summed E-state index contributed by atoms with van der Waals surface area (Å²) in [4.78, 5) is 11.7. The first kappa shape index (κ1) is 19.3. The number of carbonyl (C=O) groups is 1. The fraction of sp³-hybridized carbons (Fsp3) is 0.562. The van der Waals surface area contributed by atoms with Gasteiger partial charge in [-0.2, -0.15) is 0 Å². The molecule has 1 aromatic rings. The number of hydrogen-bond donors (Lipinski definition) is 2. The summed E-state index contributed by atoms with van der Waals surface area (Å²) in [5, 5.41) is 12.6. The Morgan fingerprint density at radius 2 is 2.04 bits per heavy atom. The molecule has 1 unspecified atom stereocenters. The van der Waals surface area contributed by atoms with Gasteiger partial charge in [0.1, 0.15) is 11.4 Å². The number of benzene rings is 1. The first-order chi connectivity index (χ1) is 10.8. The number of fused-ring (bicyclic) bond motifs is 1. The highest BCUT2D eigenvalue weighted by Gasteiger charge is 2.39. The highest BCUT2D eigenvalue weighted by Crippen LogP contribution is 2.27. The van der Waals surface area contributed by atoms with Gasteiger partial charge in [0.15, 0.2) is 0 Å². The largest absolute Gasteiger partial charge is 0.508 e. The average molecular weight is 323 g/mol. The summed E-state index contributed by atoms with van der Waals surface area (Å²) in [5.41, 5.74) is 0.861. The van der Waals surface area contributed by atoms with Gasteiger partial charge in [0.2, 0.25) is 0 Å². The van der Waals surface area contributed by atoms with Gasteiger partial charge in [0.05, 0.1) is 6.10 Å². The van der Waals surface area contributed by atoms with E-state index in [2.05, 4.69) is 5.32 Å². The van der Waals surface area contributed by atoms with Gasteiger partial charge in [0.25, 0.3) is 0 Å². The molecule has 1 amide bonds. The zero-order chi connectivity index (χ0) is 17.6. The van der Waals surface area contributed by atoms with Gasteiger partial charge < -0.3 is 24.5 Å². The van der Waals surface area contributed by atoms with Crippen molar-refractivity contribution in [2.24, 2.45) is 0 Å². The van der Waals surface area contributed by atoms with Gasteiger partial charge in [-0.05, 0) is 32.4 Å². The summed E-state index contributed by atoms with van der Waals surface area (Å²) in [6.45, 7) is 9.64. The quantitative estimate of drug-likeness (QED) is 0.835. The number of ether oxygens (including phenoxy) is 1. The predicted molar refractivity (Wildman–Crippen MR) is 89.9 cm³/mol. The van der Waals surface area contributed by atoms with E-state index in [1.807, 2.05) is 19.9 Å². The standard InChI is InChI=1S/C14H20BNO5.C2H6/c1-14(2,3)20-13(18)16-8-11-9-6-5-7-10(17)12(9)15(19-4)21-11;1-2/h5-7,11,17H,8H2,1-4H3,(H,16,18);1-2H3. The molecule has 0 aliphatic carbocycles. The molecule has 1 aliphatic heterocycles. The third kappa shape index (κ3) is 5.15. The molecule has 1 aliphatic rings. The molecule has 6 nitrogen and oxygen atoms in total. The first-order valence-corrected chi connectivity index (χ1v) is 7.78. The van der Waals surface area contributed by atoms with Crippen LogP contribution in [0.25, 0.3) is 0 Å². The van der Waals surface area contributed by atoms with Crippen LogP contribution in [0.2, 0.25) is 0 Å².